The second-order valence-electron chi connectivity index (χ2n) is 32.0. The van der Waals surface area contributed by atoms with Crippen molar-refractivity contribution in [1.29, 1.82) is 0 Å². The van der Waals surface area contributed by atoms with E-state index in [-0.39, 0.29) is 250 Å². The first-order chi connectivity index (χ1) is 59.5. The van der Waals surface area contributed by atoms with Gasteiger partial charge < -0.3 is 71.5 Å². The Hall–Kier alpha value is -4.42. The lowest BCUT2D eigenvalue weighted by atomic mass is 10.1. The number of nitrogens with zero attached hydrogens (tertiary/aromatic N) is 4. The molecule has 0 radical (unpaired) electrons. The molecule has 28 nitrogen and oxygen atoms in total. The van der Waals surface area contributed by atoms with Gasteiger partial charge in [0.25, 0.3) is 0 Å². The lowest BCUT2D eigenvalue weighted by Gasteiger charge is -2.32. The van der Waals surface area contributed by atoms with Crippen LogP contribution >= 0.6 is 70.6 Å². The maximum absolute atomic E-state index is 13.6. The van der Waals surface area contributed by atoms with Crippen molar-refractivity contribution in [1.82, 2.24) is 19.6 Å². The Morgan fingerprint density at radius 3 is 0.556 bits per heavy atom. The number of hydrogen-bond donors (Lipinski definition) is 0. The molecule has 0 rings (SSSR count). The molecule has 0 aromatic rings. The number of esters is 12. The van der Waals surface area contributed by atoms with Gasteiger partial charge in [0, 0.05) is 129 Å². The number of unbranched alkanes of at least 4 members (excludes halogenated alkanes) is 12. The molecular formula is C90H162N4O24S6. The SMILES string of the molecule is CCCCCCCC(C)SCC(C)C(=O)OCCOC(=O)CCN(CCC(=O)OCCOC(=O)C(C)CSC)CCN(CCN(CCC(=O)OCCOC(=O)C(C)CSC)CCC(=O)OCCOC(=O)C(C)CSC)CCN(CCC(=O)OCCOC(=O)C(C)CSC(C)CCCCCCC)CCC(=O)OCCOC(=O)C(C)CSC(C)CCCCCCC. The Balaban J connectivity index is 7.37. The molecule has 0 aromatic heterocycles. The summed E-state index contributed by atoms with van der Waals surface area (Å²) >= 11 is 9.73. The molecule has 0 fully saturated rings. The molecule has 0 aliphatic rings. The summed E-state index contributed by atoms with van der Waals surface area (Å²) in [6.07, 6.45) is 26.0. The van der Waals surface area contributed by atoms with Crippen LogP contribution in [0.25, 0.3) is 0 Å². The molecule has 0 amide bonds. The lowest BCUT2D eigenvalue weighted by molar-refractivity contribution is -0.154. The van der Waals surface area contributed by atoms with Crippen LogP contribution < -0.4 is 0 Å². The first kappa shape index (κ1) is 120. The van der Waals surface area contributed by atoms with Crippen molar-refractivity contribution in [3.05, 3.63) is 0 Å². The average molecular weight is 1880 g/mol. The van der Waals surface area contributed by atoms with Crippen molar-refractivity contribution < 1.29 is 114 Å². The largest absolute Gasteiger partial charge is 0.462 e. The Labute approximate surface area is 770 Å². The number of hydrogen-bond acceptors (Lipinski definition) is 34. The van der Waals surface area contributed by atoms with Gasteiger partial charge >= 0.3 is 71.6 Å². The predicted octanol–water partition coefficient (Wildman–Crippen LogP) is 14.4. The standard InChI is InChI=1S/C90H162N4O24S6/c1-16-19-22-25-28-31-76(10)122-67-73(7)88(104)116-61-55-110-82(98)37-43-92(42-36-81(97)109-54-60-115-87(103)72(6)66-121-15)47-50-94(49-46-91(40-34-79(95)107-52-58-113-85(101)70(4)64-119-13)41-35-80(96)108-53-59-114-86(102)71(5)65-120-14)51-48-93(44-38-83(99)111-56-62-117-89(105)74(8)68-123-77(11)32-29-26-23-20-17-2)45-39-84(100)112-57-63-118-90(106)75(9)69-124-78(12)33-30-27-24-21-18-3/h70-78H,16-69H2,1-15H3. The van der Waals surface area contributed by atoms with Crippen LogP contribution in [0.3, 0.4) is 0 Å². The minimum Gasteiger partial charge on any atom is -0.462 e. The number of carbonyl (C=O) groups excluding carboxylic acids is 12. The van der Waals surface area contributed by atoms with Crippen molar-refractivity contribution >= 4 is 142 Å². The number of ether oxygens (including phenoxy) is 12. The average Bonchev–Trinajstić information content (AvgIpc) is 0.916. The molecule has 124 heavy (non-hydrogen) atoms. The normalized spacial score (nSPS) is 13.7. The van der Waals surface area contributed by atoms with Crippen molar-refractivity contribution in [3.63, 3.8) is 0 Å². The van der Waals surface area contributed by atoms with Crippen molar-refractivity contribution in [2.24, 2.45) is 35.5 Å². The zero-order valence-corrected chi connectivity index (χ0v) is 83.3. The summed E-state index contributed by atoms with van der Waals surface area (Å²) in [5.41, 5.74) is 0. The number of thioether (sulfide) groups is 6. The fraction of sp³-hybridized carbons (Fsp3) is 0.867. The van der Waals surface area contributed by atoms with Crippen LogP contribution in [0.15, 0.2) is 0 Å². The summed E-state index contributed by atoms with van der Waals surface area (Å²) in [5, 5.41) is 1.19. The molecule has 9 unspecified atom stereocenters. The van der Waals surface area contributed by atoms with Crippen LogP contribution in [0.5, 0.6) is 0 Å². The van der Waals surface area contributed by atoms with Crippen LogP contribution in [-0.4, -0.2) is 318 Å². The topological polar surface area (TPSA) is 329 Å². The molecule has 34 heteroatoms. The zero-order valence-electron chi connectivity index (χ0n) is 78.4. The van der Waals surface area contributed by atoms with Crippen LogP contribution in [0.4, 0.5) is 0 Å². The summed E-state index contributed by atoms with van der Waals surface area (Å²) in [5.74, 6) is -4.65. The minimum absolute atomic E-state index is 0.0970. The molecule has 0 bridgehead atoms. The summed E-state index contributed by atoms with van der Waals surface area (Å²) in [4.78, 5) is 166. The van der Waals surface area contributed by atoms with E-state index >= 15 is 0 Å². The third-order valence-corrected chi connectivity index (χ3v) is 27.2. The predicted molar refractivity (Wildman–Crippen MR) is 501 cm³/mol. The van der Waals surface area contributed by atoms with Gasteiger partial charge in [-0.2, -0.15) is 70.6 Å². The second kappa shape index (κ2) is 80.6. The van der Waals surface area contributed by atoms with Gasteiger partial charge in [0.1, 0.15) is 79.3 Å². The summed E-state index contributed by atoms with van der Waals surface area (Å²) in [7, 11) is 0. The van der Waals surface area contributed by atoms with E-state index in [4.69, 9.17) is 56.8 Å². The molecule has 0 spiro atoms. The van der Waals surface area contributed by atoms with E-state index in [1.807, 2.05) is 54.2 Å². The van der Waals surface area contributed by atoms with Crippen LogP contribution in [0.1, 0.15) is 237 Å². The van der Waals surface area contributed by atoms with Crippen molar-refractivity contribution in [2.45, 2.75) is 253 Å². The number of carbonyl (C=O) groups is 12. The summed E-state index contributed by atoms with van der Waals surface area (Å²) < 4.78 is 66.1. The summed E-state index contributed by atoms with van der Waals surface area (Å²) in [6.45, 7) is 23.9. The van der Waals surface area contributed by atoms with Gasteiger partial charge in [-0.05, 0) is 38.0 Å². The maximum Gasteiger partial charge on any atom is 0.309 e. The highest BCUT2D eigenvalue weighted by molar-refractivity contribution is 8.00. The lowest BCUT2D eigenvalue weighted by Crippen LogP contribution is -2.45. The Bertz CT molecular complexity index is 2730. The highest BCUT2D eigenvalue weighted by Crippen LogP contribution is 2.25. The van der Waals surface area contributed by atoms with E-state index in [1.165, 1.54) is 112 Å². The first-order valence-electron chi connectivity index (χ1n) is 45.7. The number of rotatable bonds is 84. The smallest absolute Gasteiger partial charge is 0.309 e. The molecular weight excluding hydrogens is 1710 g/mol. The third kappa shape index (κ3) is 69.6. The highest BCUT2D eigenvalue weighted by atomic mass is 32.2. The van der Waals surface area contributed by atoms with E-state index in [9.17, 15) is 57.5 Å². The quantitative estimate of drug-likeness (QED) is 0.0310. The Morgan fingerprint density at radius 1 is 0.218 bits per heavy atom. The molecule has 0 saturated heterocycles. The third-order valence-electron chi connectivity index (χ3n) is 20.2. The molecule has 0 aromatic carbocycles. The molecule has 0 saturated carbocycles. The van der Waals surface area contributed by atoms with E-state index < -0.39 is 53.7 Å². The molecule has 9 atom stereocenters. The Morgan fingerprint density at radius 2 is 0.379 bits per heavy atom. The molecule has 0 heterocycles. The van der Waals surface area contributed by atoms with E-state index in [2.05, 4.69) is 46.4 Å². The summed E-state index contributed by atoms with van der Waals surface area (Å²) in [6, 6.07) is 0. The van der Waals surface area contributed by atoms with Gasteiger partial charge in [-0.15, -0.1) is 0 Å². The maximum atomic E-state index is 13.6. The van der Waals surface area contributed by atoms with E-state index in [0.29, 0.717) is 50.3 Å². The highest BCUT2D eigenvalue weighted by Gasteiger charge is 2.25. The molecule has 722 valence electrons. The van der Waals surface area contributed by atoms with Gasteiger partial charge in [0.2, 0.25) is 0 Å². The Kier molecular flexibility index (Phi) is 77.8. The van der Waals surface area contributed by atoms with Crippen LogP contribution in [0, 0.1) is 35.5 Å². The molecule has 0 aliphatic carbocycles. The monoisotopic (exact) mass is 1870 g/mol. The second-order valence-corrected chi connectivity index (χ2v) is 39.2. The van der Waals surface area contributed by atoms with Crippen molar-refractivity contribution in [2.75, 3.05) is 211 Å². The molecule has 0 N–H and O–H groups in total. The zero-order chi connectivity index (χ0) is 92.3. The minimum atomic E-state index is -0.589. The van der Waals surface area contributed by atoms with Gasteiger partial charge in [-0.1, -0.05) is 179 Å². The van der Waals surface area contributed by atoms with Crippen LogP contribution in [-0.2, 0) is 114 Å². The van der Waals surface area contributed by atoms with Gasteiger partial charge in [0.05, 0.1) is 74.0 Å². The first-order valence-corrected chi connectivity index (χ1v) is 53.0. The fourth-order valence-corrected chi connectivity index (χ4v) is 17.4. The van der Waals surface area contributed by atoms with E-state index in [1.54, 1.807) is 56.1 Å². The van der Waals surface area contributed by atoms with Gasteiger partial charge in [-0.3, -0.25) is 62.4 Å². The van der Waals surface area contributed by atoms with Gasteiger partial charge in [0.15, 0.2) is 0 Å². The van der Waals surface area contributed by atoms with Crippen molar-refractivity contribution in [3.8, 4) is 0 Å². The van der Waals surface area contributed by atoms with Crippen LogP contribution in [0.2, 0.25) is 0 Å². The fourth-order valence-electron chi connectivity index (χ4n) is 12.2. The van der Waals surface area contributed by atoms with Gasteiger partial charge in [-0.25, -0.2) is 0 Å². The molecule has 0 aliphatic heterocycles. The van der Waals surface area contributed by atoms with E-state index in [0.717, 1.165) is 38.5 Å².